The normalized spacial score (nSPS) is 20.7. The zero-order valence-electron chi connectivity index (χ0n) is 13.4. The van der Waals surface area contributed by atoms with E-state index in [1.54, 1.807) is 30.0 Å². The SMILES string of the molecule is C[C@H](O)CNC(=O)N[C@@H]1CC(=O)N(c2ccc3c(c2)OCCO3)C1. The minimum atomic E-state index is -0.616. The Labute approximate surface area is 139 Å². The maximum absolute atomic E-state index is 12.2. The van der Waals surface area contributed by atoms with Crippen molar-refractivity contribution in [3.63, 3.8) is 0 Å². The van der Waals surface area contributed by atoms with Crippen molar-refractivity contribution in [2.75, 3.05) is 31.2 Å². The minimum absolute atomic E-state index is 0.0625. The van der Waals surface area contributed by atoms with Crippen LogP contribution in [0.1, 0.15) is 13.3 Å². The third kappa shape index (κ3) is 3.70. The predicted octanol–water partition coefficient (Wildman–Crippen LogP) is 0.243. The molecule has 2 atom stereocenters. The van der Waals surface area contributed by atoms with Crippen molar-refractivity contribution in [2.45, 2.75) is 25.5 Å². The molecular weight excluding hydrogens is 314 g/mol. The van der Waals surface area contributed by atoms with Crippen LogP contribution < -0.4 is 25.0 Å². The lowest BCUT2D eigenvalue weighted by Gasteiger charge is -2.22. The summed E-state index contributed by atoms with van der Waals surface area (Å²) >= 11 is 0. The van der Waals surface area contributed by atoms with E-state index in [1.807, 2.05) is 0 Å². The van der Waals surface area contributed by atoms with E-state index in [2.05, 4.69) is 10.6 Å². The zero-order valence-corrected chi connectivity index (χ0v) is 13.4. The molecule has 0 spiro atoms. The third-order valence-electron chi connectivity index (χ3n) is 3.86. The molecular formula is C16H21N3O5. The monoisotopic (exact) mass is 335 g/mol. The van der Waals surface area contributed by atoms with Crippen molar-refractivity contribution in [2.24, 2.45) is 0 Å². The minimum Gasteiger partial charge on any atom is -0.486 e. The van der Waals surface area contributed by atoms with Crippen LogP contribution in [-0.4, -0.2) is 55.5 Å². The quantitative estimate of drug-likeness (QED) is 0.732. The molecule has 0 saturated carbocycles. The standard InChI is InChI=1S/C16H21N3O5/c1-10(20)8-17-16(22)18-11-6-15(21)19(9-11)12-2-3-13-14(7-12)24-5-4-23-13/h2-3,7,10-11,20H,4-6,8-9H2,1H3,(H2,17,18,22)/t10-,11+/m0/s1. The fourth-order valence-corrected chi connectivity index (χ4v) is 2.73. The largest absolute Gasteiger partial charge is 0.486 e. The Morgan fingerprint density at radius 3 is 2.88 bits per heavy atom. The molecule has 2 aliphatic heterocycles. The van der Waals surface area contributed by atoms with Crippen molar-refractivity contribution in [1.82, 2.24) is 10.6 Å². The van der Waals surface area contributed by atoms with Gasteiger partial charge in [-0.05, 0) is 19.1 Å². The maximum Gasteiger partial charge on any atom is 0.315 e. The van der Waals surface area contributed by atoms with Crippen LogP contribution in [0.2, 0.25) is 0 Å². The molecule has 8 nitrogen and oxygen atoms in total. The van der Waals surface area contributed by atoms with Gasteiger partial charge in [-0.3, -0.25) is 4.79 Å². The number of rotatable bonds is 4. The molecule has 3 amide bonds. The number of aliphatic hydroxyl groups excluding tert-OH is 1. The molecule has 2 aliphatic rings. The Kier molecular flexibility index (Phi) is 4.75. The number of aliphatic hydroxyl groups is 1. The number of nitrogens with one attached hydrogen (secondary N) is 2. The summed E-state index contributed by atoms with van der Waals surface area (Å²) in [5.41, 5.74) is 0.720. The van der Waals surface area contributed by atoms with E-state index >= 15 is 0 Å². The molecule has 130 valence electrons. The smallest absolute Gasteiger partial charge is 0.315 e. The number of anilines is 1. The van der Waals surface area contributed by atoms with Crippen LogP contribution in [0.5, 0.6) is 11.5 Å². The highest BCUT2D eigenvalue weighted by Crippen LogP contribution is 2.35. The number of ether oxygens (including phenoxy) is 2. The Balaban J connectivity index is 1.61. The molecule has 3 N–H and O–H groups in total. The van der Waals surface area contributed by atoms with Crippen LogP contribution in [0.4, 0.5) is 10.5 Å². The summed E-state index contributed by atoms with van der Waals surface area (Å²) in [5, 5.41) is 14.5. The van der Waals surface area contributed by atoms with Gasteiger partial charge in [0, 0.05) is 31.3 Å². The van der Waals surface area contributed by atoms with E-state index in [-0.39, 0.29) is 24.9 Å². The Morgan fingerprint density at radius 2 is 2.12 bits per heavy atom. The van der Waals surface area contributed by atoms with Crippen molar-refractivity contribution in [3.8, 4) is 11.5 Å². The van der Waals surface area contributed by atoms with E-state index in [9.17, 15) is 9.59 Å². The second-order valence-corrected chi connectivity index (χ2v) is 5.94. The van der Waals surface area contributed by atoms with Gasteiger partial charge in [0.2, 0.25) is 5.91 Å². The summed E-state index contributed by atoms with van der Waals surface area (Å²) in [5.74, 6) is 1.23. The molecule has 2 heterocycles. The van der Waals surface area contributed by atoms with E-state index < -0.39 is 12.1 Å². The zero-order chi connectivity index (χ0) is 17.1. The van der Waals surface area contributed by atoms with Crippen LogP contribution in [0.25, 0.3) is 0 Å². The third-order valence-corrected chi connectivity index (χ3v) is 3.86. The second kappa shape index (κ2) is 6.96. The summed E-state index contributed by atoms with van der Waals surface area (Å²) in [7, 11) is 0. The molecule has 8 heteroatoms. The Hall–Kier alpha value is -2.48. The molecule has 1 aromatic rings. The van der Waals surface area contributed by atoms with Gasteiger partial charge >= 0.3 is 6.03 Å². The maximum atomic E-state index is 12.2. The van der Waals surface area contributed by atoms with Crippen molar-refractivity contribution in [1.29, 1.82) is 0 Å². The summed E-state index contributed by atoms with van der Waals surface area (Å²) in [6.45, 7) is 3.14. The summed E-state index contributed by atoms with van der Waals surface area (Å²) in [6.07, 6.45) is -0.383. The van der Waals surface area contributed by atoms with E-state index in [0.717, 1.165) is 5.69 Å². The molecule has 1 saturated heterocycles. The topological polar surface area (TPSA) is 100 Å². The molecule has 0 bridgehead atoms. The number of carbonyl (C=O) groups is 2. The lowest BCUT2D eigenvalue weighted by atomic mass is 10.2. The van der Waals surface area contributed by atoms with Crippen molar-refractivity contribution < 1.29 is 24.2 Å². The van der Waals surface area contributed by atoms with Gasteiger partial charge in [-0.25, -0.2) is 4.79 Å². The van der Waals surface area contributed by atoms with Crippen LogP contribution in [0.3, 0.4) is 0 Å². The first-order chi connectivity index (χ1) is 11.5. The van der Waals surface area contributed by atoms with Gasteiger partial charge in [0.25, 0.3) is 0 Å². The molecule has 0 aromatic heterocycles. The number of hydrogen-bond acceptors (Lipinski definition) is 5. The predicted molar refractivity (Wildman–Crippen MR) is 86.4 cm³/mol. The number of hydrogen-bond donors (Lipinski definition) is 3. The van der Waals surface area contributed by atoms with Gasteiger partial charge in [-0.15, -0.1) is 0 Å². The van der Waals surface area contributed by atoms with Gasteiger partial charge in [-0.2, -0.15) is 0 Å². The number of carbonyl (C=O) groups excluding carboxylic acids is 2. The number of fused-ring (bicyclic) bond motifs is 1. The summed E-state index contributed by atoms with van der Waals surface area (Å²) in [4.78, 5) is 25.6. The number of nitrogens with zero attached hydrogens (tertiary/aromatic N) is 1. The van der Waals surface area contributed by atoms with Crippen LogP contribution in [0, 0.1) is 0 Å². The summed E-state index contributed by atoms with van der Waals surface area (Å²) < 4.78 is 11.0. The lowest BCUT2D eigenvalue weighted by molar-refractivity contribution is -0.117. The Morgan fingerprint density at radius 1 is 1.38 bits per heavy atom. The fourth-order valence-electron chi connectivity index (χ4n) is 2.73. The highest BCUT2D eigenvalue weighted by atomic mass is 16.6. The van der Waals surface area contributed by atoms with Gasteiger partial charge < -0.3 is 30.1 Å². The average Bonchev–Trinajstić information content (AvgIpc) is 2.92. The molecule has 3 rings (SSSR count). The summed E-state index contributed by atoms with van der Waals surface area (Å²) in [6, 6.07) is 4.70. The molecule has 0 aliphatic carbocycles. The molecule has 0 unspecified atom stereocenters. The van der Waals surface area contributed by atoms with E-state index in [1.165, 1.54) is 0 Å². The van der Waals surface area contributed by atoms with Gasteiger partial charge in [0.1, 0.15) is 13.2 Å². The highest BCUT2D eigenvalue weighted by molar-refractivity contribution is 5.97. The van der Waals surface area contributed by atoms with Crippen molar-refractivity contribution in [3.05, 3.63) is 18.2 Å². The van der Waals surface area contributed by atoms with Gasteiger partial charge in [-0.1, -0.05) is 0 Å². The number of urea groups is 1. The highest BCUT2D eigenvalue weighted by Gasteiger charge is 2.32. The first-order valence-corrected chi connectivity index (χ1v) is 7.95. The lowest BCUT2D eigenvalue weighted by Crippen LogP contribution is -2.45. The van der Waals surface area contributed by atoms with E-state index in [4.69, 9.17) is 14.6 Å². The number of benzene rings is 1. The van der Waals surface area contributed by atoms with Crippen LogP contribution in [0.15, 0.2) is 18.2 Å². The van der Waals surface area contributed by atoms with Crippen LogP contribution >= 0.6 is 0 Å². The molecule has 0 radical (unpaired) electrons. The second-order valence-electron chi connectivity index (χ2n) is 5.94. The van der Waals surface area contributed by atoms with E-state index in [0.29, 0.717) is 31.3 Å². The molecule has 1 fully saturated rings. The molecule has 24 heavy (non-hydrogen) atoms. The number of amides is 3. The average molecular weight is 335 g/mol. The van der Waals surface area contributed by atoms with Crippen molar-refractivity contribution >= 4 is 17.6 Å². The Bertz CT molecular complexity index is 634. The van der Waals surface area contributed by atoms with Gasteiger partial charge in [0.05, 0.1) is 12.1 Å². The first kappa shape index (κ1) is 16.4. The van der Waals surface area contributed by atoms with Gasteiger partial charge in [0.15, 0.2) is 11.5 Å². The first-order valence-electron chi connectivity index (χ1n) is 7.95. The molecule has 1 aromatic carbocycles. The van der Waals surface area contributed by atoms with Crippen LogP contribution in [-0.2, 0) is 4.79 Å². The fraction of sp³-hybridized carbons (Fsp3) is 0.500.